The van der Waals surface area contributed by atoms with Crippen molar-refractivity contribution < 1.29 is 4.79 Å². The van der Waals surface area contributed by atoms with Crippen molar-refractivity contribution in [2.45, 2.75) is 84.0 Å². The van der Waals surface area contributed by atoms with E-state index in [1.165, 1.54) is 68.1 Å². The summed E-state index contributed by atoms with van der Waals surface area (Å²) in [5.41, 5.74) is 6.37. The van der Waals surface area contributed by atoms with Crippen molar-refractivity contribution in [1.29, 1.82) is 0 Å². The van der Waals surface area contributed by atoms with Crippen molar-refractivity contribution in [3.05, 3.63) is 76.9 Å². The number of rotatable bonds is 12. The van der Waals surface area contributed by atoms with Crippen LogP contribution in [0, 0.1) is 5.92 Å². The monoisotopic (exact) mass is 402 g/mol. The van der Waals surface area contributed by atoms with Crippen molar-refractivity contribution >= 4 is 11.9 Å². The summed E-state index contributed by atoms with van der Waals surface area (Å²) in [6.45, 7) is 6.05. The average molecular weight is 403 g/mol. The van der Waals surface area contributed by atoms with E-state index in [2.05, 4.69) is 31.7 Å². The Kier molecular flexibility index (Phi) is 8.93. The highest BCUT2D eigenvalue weighted by atomic mass is 16.1. The number of carbonyl (C=O) groups excluding carboxylic acids is 1. The van der Waals surface area contributed by atoms with E-state index in [-0.39, 0.29) is 5.78 Å². The number of carbonyl (C=O) groups is 1. The lowest BCUT2D eigenvalue weighted by atomic mass is 9.80. The Morgan fingerprint density at radius 2 is 1.70 bits per heavy atom. The third kappa shape index (κ3) is 6.69. The Morgan fingerprint density at radius 1 is 0.967 bits per heavy atom. The van der Waals surface area contributed by atoms with Crippen LogP contribution in [0.3, 0.4) is 0 Å². The maximum atomic E-state index is 12.7. The molecule has 0 amide bonds. The molecule has 1 atom stereocenters. The Hall–Kier alpha value is -2.15. The second-order valence-electron chi connectivity index (χ2n) is 9.04. The summed E-state index contributed by atoms with van der Waals surface area (Å²) in [4.78, 5) is 12.7. The standard InChI is InChI=1S/C29H38O/c1-3-5-6-7-8-9-10-11-24-14-18-28-21-25(15-19-27(28)20-24)22-29(30)26-16-12-23(4-2)13-17-26/h4,12-14,16-18,20,25H,2-3,5-11,15,19,21-22H2,1H3/t25-/m0/s1. The lowest BCUT2D eigenvalue weighted by molar-refractivity contribution is 0.0957. The molecule has 0 bridgehead atoms. The molecule has 0 unspecified atom stereocenters. The average Bonchev–Trinajstić information content (AvgIpc) is 2.78. The van der Waals surface area contributed by atoms with Gasteiger partial charge in [0.25, 0.3) is 0 Å². The van der Waals surface area contributed by atoms with Crippen LogP contribution in [-0.2, 0) is 19.3 Å². The molecular weight excluding hydrogens is 364 g/mol. The van der Waals surface area contributed by atoms with E-state index in [0.717, 1.165) is 30.4 Å². The fourth-order valence-electron chi connectivity index (χ4n) is 4.68. The second-order valence-corrected chi connectivity index (χ2v) is 9.04. The normalized spacial score (nSPS) is 15.6. The Labute approximate surface area is 183 Å². The molecule has 160 valence electrons. The van der Waals surface area contributed by atoms with Gasteiger partial charge < -0.3 is 0 Å². The SMILES string of the molecule is C=Cc1ccc(C(=O)C[C@H]2CCc3cc(CCCCCCCCC)ccc3C2)cc1. The number of hydrogen-bond donors (Lipinski definition) is 0. The number of Topliss-reactive ketones (excluding diaryl/α,β-unsaturated/α-hetero) is 1. The van der Waals surface area contributed by atoms with Gasteiger partial charge in [-0.1, -0.05) is 101 Å². The van der Waals surface area contributed by atoms with Crippen molar-refractivity contribution in [2.75, 3.05) is 0 Å². The van der Waals surface area contributed by atoms with Crippen LogP contribution >= 0.6 is 0 Å². The first kappa shape index (κ1) is 22.5. The van der Waals surface area contributed by atoms with Gasteiger partial charge in [0.1, 0.15) is 0 Å². The lowest BCUT2D eigenvalue weighted by Gasteiger charge is -2.25. The Morgan fingerprint density at radius 3 is 2.43 bits per heavy atom. The van der Waals surface area contributed by atoms with Crippen LogP contribution in [0.5, 0.6) is 0 Å². The van der Waals surface area contributed by atoms with E-state index in [0.29, 0.717) is 12.3 Å². The first-order valence-corrected chi connectivity index (χ1v) is 12.1. The zero-order valence-corrected chi connectivity index (χ0v) is 18.8. The van der Waals surface area contributed by atoms with Crippen molar-refractivity contribution in [1.82, 2.24) is 0 Å². The molecule has 30 heavy (non-hydrogen) atoms. The molecule has 1 heteroatoms. The van der Waals surface area contributed by atoms with Crippen molar-refractivity contribution in [2.24, 2.45) is 5.92 Å². The molecule has 1 nitrogen and oxygen atoms in total. The molecule has 2 aromatic carbocycles. The molecule has 0 radical (unpaired) electrons. The maximum Gasteiger partial charge on any atom is 0.163 e. The topological polar surface area (TPSA) is 17.1 Å². The smallest absolute Gasteiger partial charge is 0.163 e. The zero-order valence-electron chi connectivity index (χ0n) is 18.8. The van der Waals surface area contributed by atoms with Gasteiger partial charge in [0.15, 0.2) is 5.78 Å². The molecule has 3 rings (SSSR count). The van der Waals surface area contributed by atoms with Gasteiger partial charge in [0, 0.05) is 12.0 Å². The molecular formula is C29H38O. The first-order chi connectivity index (χ1) is 14.7. The molecule has 0 fully saturated rings. The van der Waals surface area contributed by atoms with Gasteiger partial charge in [-0.3, -0.25) is 4.79 Å². The molecule has 1 aliphatic carbocycles. The number of aryl methyl sites for hydroxylation is 2. The minimum atomic E-state index is 0.273. The van der Waals surface area contributed by atoms with Gasteiger partial charge in [-0.2, -0.15) is 0 Å². The van der Waals surface area contributed by atoms with Crippen LogP contribution < -0.4 is 0 Å². The number of hydrogen-bond acceptors (Lipinski definition) is 1. The third-order valence-electron chi connectivity index (χ3n) is 6.61. The number of unbranched alkanes of at least 4 members (excludes halogenated alkanes) is 6. The highest BCUT2D eigenvalue weighted by Gasteiger charge is 2.22. The van der Waals surface area contributed by atoms with Crippen LogP contribution in [0.2, 0.25) is 0 Å². The van der Waals surface area contributed by atoms with E-state index in [1.54, 1.807) is 0 Å². The van der Waals surface area contributed by atoms with Gasteiger partial charge in [-0.05, 0) is 60.3 Å². The summed E-state index contributed by atoms with van der Waals surface area (Å²) in [7, 11) is 0. The minimum absolute atomic E-state index is 0.273. The largest absolute Gasteiger partial charge is 0.294 e. The molecule has 0 spiro atoms. The minimum Gasteiger partial charge on any atom is -0.294 e. The number of fused-ring (bicyclic) bond motifs is 1. The molecule has 0 saturated heterocycles. The zero-order chi connectivity index (χ0) is 21.2. The van der Waals surface area contributed by atoms with E-state index in [9.17, 15) is 4.79 Å². The molecule has 0 aromatic heterocycles. The fourth-order valence-corrected chi connectivity index (χ4v) is 4.68. The highest BCUT2D eigenvalue weighted by molar-refractivity contribution is 5.96. The van der Waals surface area contributed by atoms with E-state index in [1.807, 2.05) is 30.3 Å². The number of benzene rings is 2. The molecule has 2 aromatic rings. The maximum absolute atomic E-state index is 12.7. The fraction of sp³-hybridized carbons (Fsp3) is 0.483. The Balaban J connectivity index is 1.45. The summed E-state index contributed by atoms with van der Waals surface area (Å²) in [5.74, 6) is 0.743. The molecule has 0 heterocycles. The summed E-state index contributed by atoms with van der Waals surface area (Å²) in [6.07, 6.45) is 16.6. The third-order valence-corrected chi connectivity index (χ3v) is 6.61. The Bertz CT molecular complexity index is 815. The second kappa shape index (κ2) is 11.9. The van der Waals surface area contributed by atoms with E-state index < -0.39 is 0 Å². The predicted octanol–water partition coefficient (Wildman–Crippen LogP) is 8.00. The van der Waals surface area contributed by atoms with Crippen molar-refractivity contribution in [3.63, 3.8) is 0 Å². The number of ketones is 1. The first-order valence-electron chi connectivity index (χ1n) is 12.1. The van der Waals surface area contributed by atoms with Crippen LogP contribution in [0.15, 0.2) is 49.0 Å². The lowest BCUT2D eigenvalue weighted by Crippen LogP contribution is -2.18. The summed E-state index contributed by atoms with van der Waals surface area (Å²) in [6, 6.07) is 14.9. The summed E-state index contributed by atoms with van der Waals surface area (Å²) >= 11 is 0. The quantitative estimate of drug-likeness (QED) is 0.259. The van der Waals surface area contributed by atoms with Crippen LogP contribution in [0.1, 0.15) is 97.3 Å². The van der Waals surface area contributed by atoms with Crippen molar-refractivity contribution in [3.8, 4) is 0 Å². The van der Waals surface area contributed by atoms with Gasteiger partial charge in [0.2, 0.25) is 0 Å². The van der Waals surface area contributed by atoms with Gasteiger partial charge in [-0.25, -0.2) is 0 Å². The van der Waals surface area contributed by atoms with E-state index in [4.69, 9.17) is 0 Å². The molecule has 0 saturated carbocycles. The summed E-state index contributed by atoms with van der Waals surface area (Å²) in [5, 5.41) is 0. The molecule has 0 N–H and O–H groups in total. The summed E-state index contributed by atoms with van der Waals surface area (Å²) < 4.78 is 0. The van der Waals surface area contributed by atoms with Gasteiger partial charge in [-0.15, -0.1) is 0 Å². The van der Waals surface area contributed by atoms with Crippen LogP contribution in [0.25, 0.3) is 6.08 Å². The van der Waals surface area contributed by atoms with E-state index >= 15 is 0 Å². The molecule has 0 aliphatic heterocycles. The van der Waals surface area contributed by atoms with Gasteiger partial charge in [0.05, 0.1) is 0 Å². The van der Waals surface area contributed by atoms with Crippen LogP contribution in [0.4, 0.5) is 0 Å². The predicted molar refractivity (Wildman–Crippen MR) is 129 cm³/mol. The molecule has 1 aliphatic rings. The van der Waals surface area contributed by atoms with Gasteiger partial charge >= 0.3 is 0 Å². The van der Waals surface area contributed by atoms with Crippen LogP contribution in [-0.4, -0.2) is 5.78 Å². The highest BCUT2D eigenvalue weighted by Crippen LogP contribution is 2.30.